The number of aryl methyl sites for hydroxylation is 3. The molecule has 0 radical (unpaired) electrons. The molecule has 1 aliphatic rings. The molecule has 0 aliphatic carbocycles. The van der Waals surface area contributed by atoms with E-state index in [1.807, 2.05) is 26.0 Å². The Kier molecular flexibility index (Phi) is 5.33. The zero-order valence-electron chi connectivity index (χ0n) is 17.3. The lowest BCUT2D eigenvalue weighted by Gasteiger charge is -2.34. The van der Waals surface area contributed by atoms with Crippen molar-refractivity contribution in [2.75, 3.05) is 26.2 Å². The van der Waals surface area contributed by atoms with E-state index in [0.717, 1.165) is 10.9 Å². The van der Waals surface area contributed by atoms with Crippen LogP contribution in [0.1, 0.15) is 34.3 Å². The van der Waals surface area contributed by atoms with Crippen LogP contribution in [0.5, 0.6) is 0 Å². The Bertz CT molecular complexity index is 1210. The molecule has 1 amide bonds. The summed E-state index contributed by atoms with van der Waals surface area (Å²) in [5.74, 6) is 0.398. The monoisotopic (exact) mass is 428 g/mol. The van der Waals surface area contributed by atoms with Gasteiger partial charge in [-0.1, -0.05) is 24.2 Å². The quantitative estimate of drug-likeness (QED) is 0.634. The standard InChI is InChI=1S/C21H24N4O4S/c1-4-17-19(15(3)23-29-17)21(26)24-8-10-25(11-9-24)30(27,28)18-7-5-6-16-12-14(2)13-22-20(16)18/h5-7,12-13H,4,8-11H2,1-3H3. The predicted octanol–water partition coefficient (Wildman–Crippen LogP) is 2.55. The van der Waals surface area contributed by atoms with Gasteiger partial charge in [0.1, 0.15) is 16.2 Å². The summed E-state index contributed by atoms with van der Waals surface area (Å²) in [5, 5.41) is 4.69. The normalized spacial score (nSPS) is 15.6. The summed E-state index contributed by atoms with van der Waals surface area (Å²) < 4.78 is 33.3. The van der Waals surface area contributed by atoms with Crippen molar-refractivity contribution in [2.45, 2.75) is 32.1 Å². The van der Waals surface area contributed by atoms with E-state index in [9.17, 15) is 13.2 Å². The Morgan fingerprint density at radius 1 is 1.17 bits per heavy atom. The topological polar surface area (TPSA) is 96.6 Å². The molecule has 0 unspecified atom stereocenters. The molecule has 158 valence electrons. The number of nitrogens with zero attached hydrogens (tertiary/aromatic N) is 4. The Labute approximate surface area is 175 Å². The lowest BCUT2D eigenvalue weighted by Crippen LogP contribution is -2.50. The van der Waals surface area contributed by atoms with Gasteiger partial charge >= 0.3 is 0 Å². The minimum Gasteiger partial charge on any atom is -0.360 e. The van der Waals surface area contributed by atoms with Gasteiger partial charge in [0, 0.05) is 44.2 Å². The van der Waals surface area contributed by atoms with E-state index >= 15 is 0 Å². The average Bonchev–Trinajstić information content (AvgIpc) is 3.13. The summed E-state index contributed by atoms with van der Waals surface area (Å²) in [4.78, 5) is 19.2. The molecule has 1 aliphatic heterocycles. The van der Waals surface area contributed by atoms with E-state index in [1.165, 1.54) is 4.31 Å². The fourth-order valence-electron chi connectivity index (χ4n) is 3.81. The molecule has 2 aromatic heterocycles. The molecule has 9 heteroatoms. The van der Waals surface area contributed by atoms with Crippen LogP contribution in [0.3, 0.4) is 0 Å². The van der Waals surface area contributed by atoms with Gasteiger partial charge in [-0.2, -0.15) is 4.31 Å². The fourth-order valence-corrected chi connectivity index (χ4v) is 5.40. The van der Waals surface area contributed by atoms with Crippen LogP contribution in [-0.4, -0.2) is 59.8 Å². The smallest absolute Gasteiger partial charge is 0.259 e. The van der Waals surface area contributed by atoms with Crippen molar-refractivity contribution >= 4 is 26.8 Å². The van der Waals surface area contributed by atoms with Gasteiger partial charge in [0.25, 0.3) is 5.91 Å². The van der Waals surface area contributed by atoms with Crippen LogP contribution in [0.4, 0.5) is 0 Å². The molecule has 8 nitrogen and oxygen atoms in total. The first-order valence-electron chi connectivity index (χ1n) is 9.93. The van der Waals surface area contributed by atoms with E-state index in [0.29, 0.717) is 42.0 Å². The molecule has 0 spiro atoms. The second-order valence-electron chi connectivity index (χ2n) is 7.46. The number of piperazine rings is 1. The third-order valence-corrected chi connectivity index (χ3v) is 7.35. The number of sulfonamides is 1. The van der Waals surface area contributed by atoms with Gasteiger partial charge in [-0.3, -0.25) is 9.78 Å². The molecule has 0 N–H and O–H groups in total. The Hall–Kier alpha value is -2.78. The zero-order chi connectivity index (χ0) is 21.5. The lowest BCUT2D eigenvalue weighted by molar-refractivity contribution is 0.0695. The van der Waals surface area contributed by atoms with Crippen LogP contribution >= 0.6 is 0 Å². The number of para-hydroxylation sites is 1. The maximum atomic E-state index is 13.3. The van der Waals surface area contributed by atoms with Crippen LogP contribution in [0, 0.1) is 13.8 Å². The number of carbonyl (C=O) groups excluding carboxylic acids is 1. The van der Waals surface area contributed by atoms with Gasteiger partial charge in [-0.15, -0.1) is 0 Å². The summed E-state index contributed by atoms with van der Waals surface area (Å²) in [6.07, 6.45) is 2.24. The Balaban J connectivity index is 1.55. The molecule has 0 saturated carbocycles. The van der Waals surface area contributed by atoms with E-state index in [1.54, 1.807) is 30.2 Å². The molecular formula is C21H24N4O4S. The van der Waals surface area contributed by atoms with E-state index in [-0.39, 0.29) is 23.9 Å². The highest BCUT2D eigenvalue weighted by Gasteiger charge is 2.33. The van der Waals surface area contributed by atoms with Crippen LogP contribution in [-0.2, 0) is 16.4 Å². The minimum atomic E-state index is -3.72. The number of pyridine rings is 1. The Morgan fingerprint density at radius 2 is 1.90 bits per heavy atom. The summed E-state index contributed by atoms with van der Waals surface area (Å²) in [6.45, 7) is 6.63. The highest BCUT2D eigenvalue weighted by atomic mass is 32.2. The van der Waals surface area contributed by atoms with Crippen molar-refractivity contribution in [3.05, 3.63) is 53.0 Å². The molecule has 0 atom stereocenters. The third kappa shape index (κ3) is 3.48. The van der Waals surface area contributed by atoms with Crippen LogP contribution < -0.4 is 0 Å². The fraction of sp³-hybridized carbons (Fsp3) is 0.381. The number of hydrogen-bond acceptors (Lipinski definition) is 6. The molecule has 4 rings (SSSR count). The van der Waals surface area contributed by atoms with E-state index in [4.69, 9.17) is 4.52 Å². The first kappa shape index (κ1) is 20.5. The predicted molar refractivity (Wildman–Crippen MR) is 112 cm³/mol. The number of fused-ring (bicyclic) bond motifs is 1. The number of hydrogen-bond donors (Lipinski definition) is 0. The van der Waals surface area contributed by atoms with Crippen LogP contribution in [0.25, 0.3) is 10.9 Å². The van der Waals surface area contributed by atoms with Crippen molar-refractivity contribution < 1.29 is 17.7 Å². The van der Waals surface area contributed by atoms with Crippen LogP contribution in [0.15, 0.2) is 39.9 Å². The average molecular weight is 429 g/mol. The minimum absolute atomic E-state index is 0.162. The summed E-state index contributed by atoms with van der Waals surface area (Å²) >= 11 is 0. The van der Waals surface area contributed by atoms with Gasteiger partial charge < -0.3 is 9.42 Å². The van der Waals surface area contributed by atoms with Crippen LogP contribution in [0.2, 0.25) is 0 Å². The van der Waals surface area contributed by atoms with Gasteiger partial charge in [0.15, 0.2) is 0 Å². The third-order valence-electron chi connectivity index (χ3n) is 5.42. The van der Waals surface area contributed by atoms with Crippen molar-refractivity contribution in [1.82, 2.24) is 19.3 Å². The molecule has 1 saturated heterocycles. The van der Waals surface area contributed by atoms with Gasteiger partial charge in [-0.05, 0) is 31.5 Å². The van der Waals surface area contributed by atoms with Gasteiger partial charge in [-0.25, -0.2) is 8.42 Å². The highest BCUT2D eigenvalue weighted by Crippen LogP contribution is 2.26. The first-order chi connectivity index (χ1) is 14.3. The van der Waals surface area contributed by atoms with Crippen molar-refractivity contribution in [3.63, 3.8) is 0 Å². The van der Waals surface area contributed by atoms with Gasteiger partial charge in [0.05, 0.1) is 11.2 Å². The second kappa shape index (κ2) is 7.81. The second-order valence-corrected chi connectivity index (χ2v) is 9.36. The molecule has 30 heavy (non-hydrogen) atoms. The molecule has 3 aromatic rings. The maximum Gasteiger partial charge on any atom is 0.259 e. The number of carbonyl (C=O) groups is 1. The maximum absolute atomic E-state index is 13.3. The highest BCUT2D eigenvalue weighted by molar-refractivity contribution is 7.89. The van der Waals surface area contributed by atoms with E-state index in [2.05, 4.69) is 10.1 Å². The van der Waals surface area contributed by atoms with Crippen molar-refractivity contribution in [1.29, 1.82) is 0 Å². The molecule has 1 fully saturated rings. The van der Waals surface area contributed by atoms with Gasteiger partial charge in [0.2, 0.25) is 10.0 Å². The largest absolute Gasteiger partial charge is 0.360 e. The molecule has 0 bridgehead atoms. The Morgan fingerprint density at radius 3 is 2.60 bits per heavy atom. The van der Waals surface area contributed by atoms with Crippen molar-refractivity contribution in [3.8, 4) is 0 Å². The SMILES string of the molecule is CCc1onc(C)c1C(=O)N1CCN(S(=O)(=O)c2cccc3cc(C)cnc23)CC1. The number of rotatable bonds is 4. The van der Waals surface area contributed by atoms with Crippen molar-refractivity contribution in [2.24, 2.45) is 0 Å². The molecule has 1 aromatic carbocycles. The molecular weight excluding hydrogens is 404 g/mol. The number of amides is 1. The summed E-state index contributed by atoms with van der Waals surface area (Å²) in [6, 6.07) is 7.10. The number of aromatic nitrogens is 2. The summed E-state index contributed by atoms with van der Waals surface area (Å²) in [7, 11) is -3.72. The van der Waals surface area contributed by atoms with E-state index < -0.39 is 10.0 Å². The first-order valence-corrected chi connectivity index (χ1v) is 11.4. The zero-order valence-corrected chi connectivity index (χ0v) is 18.1. The molecule has 3 heterocycles. The summed E-state index contributed by atoms with van der Waals surface area (Å²) in [5.41, 5.74) is 2.49. The number of benzene rings is 1. The lowest BCUT2D eigenvalue weighted by atomic mass is 10.1.